The second-order valence-corrected chi connectivity index (χ2v) is 5.90. The van der Waals surface area contributed by atoms with E-state index in [1.165, 1.54) is 16.7 Å². The fourth-order valence-electron chi connectivity index (χ4n) is 2.98. The van der Waals surface area contributed by atoms with Crippen LogP contribution < -0.4 is 5.32 Å². The van der Waals surface area contributed by atoms with Crippen LogP contribution in [0.15, 0.2) is 60.9 Å². The van der Waals surface area contributed by atoms with Crippen LogP contribution in [-0.2, 0) is 0 Å². The largest absolute Gasteiger partial charge is 0.324 e. The van der Waals surface area contributed by atoms with Gasteiger partial charge in [0.25, 0.3) is 0 Å². The summed E-state index contributed by atoms with van der Waals surface area (Å²) >= 11 is 0. The number of hydrogen-bond acceptors (Lipinski definition) is 3. The smallest absolute Gasteiger partial charge is 0.226 e. The molecular formula is C19H18N4. The summed E-state index contributed by atoms with van der Waals surface area (Å²) in [6, 6.07) is 17.0. The highest BCUT2D eigenvalue weighted by molar-refractivity contribution is 5.77. The number of hydrogen-bond donors (Lipinski definition) is 1. The van der Waals surface area contributed by atoms with Crippen molar-refractivity contribution in [1.82, 2.24) is 14.8 Å². The van der Waals surface area contributed by atoms with Gasteiger partial charge in [0.2, 0.25) is 5.95 Å². The van der Waals surface area contributed by atoms with Gasteiger partial charge in [-0.05, 0) is 36.6 Å². The SMILES string of the molecule is Cc1ccc(C2=C[C@H](c3ccccc3C)n3ncnc3N2)cc1. The lowest BCUT2D eigenvalue weighted by Gasteiger charge is -2.25. The Kier molecular flexibility index (Phi) is 3.23. The van der Waals surface area contributed by atoms with Crippen molar-refractivity contribution in [3.8, 4) is 0 Å². The van der Waals surface area contributed by atoms with E-state index in [0.717, 1.165) is 17.2 Å². The molecular weight excluding hydrogens is 284 g/mol. The maximum absolute atomic E-state index is 4.40. The molecule has 1 aliphatic heterocycles. The molecule has 0 saturated heterocycles. The highest BCUT2D eigenvalue weighted by Gasteiger charge is 2.24. The first-order valence-corrected chi connectivity index (χ1v) is 7.73. The maximum Gasteiger partial charge on any atom is 0.226 e. The average molecular weight is 302 g/mol. The molecule has 0 saturated carbocycles. The third-order valence-electron chi connectivity index (χ3n) is 4.28. The van der Waals surface area contributed by atoms with Crippen molar-refractivity contribution in [3.63, 3.8) is 0 Å². The molecule has 0 fully saturated rings. The molecule has 4 heteroatoms. The molecule has 4 nitrogen and oxygen atoms in total. The highest BCUT2D eigenvalue weighted by Crippen LogP contribution is 2.33. The molecule has 0 spiro atoms. The summed E-state index contributed by atoms with van der Waals surface area (Å²) in [6.45, 7) is 4.23. The van der Waals surface area contributed by atoms with Crippen LogP contribution in [0.2, 0.25) is 0 Å². The van der Waals surface area contributed by atoms with Gasteiger partial charge in [-0.15, -0.1) is 0 Å². The number of allylic oxidation sites excluding steroid dienone is 1. The molecule has 0 aliphatic carbocycles. The van der Waals surface area contributed by atoms with Gasteiger partial charge in [0.1, 0.15) is 12.4 Å². The lowest BCUT2D eigenvalue weighted by molar-refractivity contribution is 0.609. The number of fused-ring (bicyclic) bond motifs is 1. The van der Waals surface area contributed by atoms with E-state index < -0.39 is 0 Å². The summed E-state index contributed by atoms with van der Waals surface area (Å²) in [4.78, 5) is 4.36. The van der Waals surface area contributed by atoms with E-state index in [4.69, 9.17) is 0 Å². The van der Waals surface area contributed by atoms with Crippen LogP contribution in [0.1, 0.15) is 28.3 Å². The third kappa shape index (κ3) is 2.42. The van der Waals surface area contributed by atoms with E-state index >= 15 is 0 Å². The summed E-state index contributed by atoms with van der Waals surface area (Å²) in [5.74, 6) is 0.774. The van der Waals surface area contributed by atoms with E-state index in [0.29, 0.717) is 0 Å². The molecule has 23 heavy (non-hydrogen) atoms. The van der Waals surface area contributed by atoms with E-state index in [1.807, 2.05) is 4.68 Å². The molecule has 1 aliphatic rings. The zero-order chi connectivity index (χ0) is 15.8. The molecule has 3 aromatic rings. The first kappa shape index (κ1) is 13.8. The second-order valence-electron chi connectivity index (χ2n) is 5.90. The average Bonchev–Trinajstić information content (AvgIpc) is 3.04. The zero-order valence-electron chi connectivity index (χ0n) is 13.2. The van der Waals surface area contributed by atoms with Crippen molar-refractivity contribution in [3.05, 3.63) is 83.2 Å². The molecule has 0 radical (unpaired) electrons. The summed E-state index contributed by atoms with van der Waals surface area (Å²) in [5.41, 5.74) is 5.97. The monoisotopic (exact) mass is 302 g/mol. The summed E-state index contributed by atoms with van der Waals surface area (Å²) in [7, 11) is 0. The van der Waals surface area contributed by atoms with Crippen LogP contribution in [-0.4, -0.2) is 14.8 Å². The number of rotatable bonds is 2. The Bertz CT molecular complexity index is 874. The fourth-order valence-corrected chi connectivity index (χ4v) is 2.98. The molecule has 1 aromatic heterocycles. The molecule has 4 rings (SSSR count). The Balaban J connectivity index is 1.83. The number of nitrogens with one attached hydrogen (secondary N) is 1. The van der Waals surface area contributed by atoms with Gasteiger partial charge < -0.3 is 5.32 Å². The van der Waals surface area contributed by atoms with Crippen molar-refractivity contribution >= 4 is 11.6 Å². The van der Waals surface area contributed by atoms with Crippen LogP contribution in [0, 0.1) is 13.8 Å². The number of benzene rings is 2. The first-order chi connectivity index (χ1) is 11.2. The predicted molar refractivity (Wildman–Crippen MR) is 92.1 cm³/mol. The first-order valence-electron chi connectivity index (χ1n) is 7.73. The van der Waals surface area contributed by atoms with Crippen LogP contribution >= 0.6 is 0 Å². The maximum atomic E-state index is 4.40. The van der Waals surface area contributed by atoms with Crippen molar-refractivity contribution in [2.75, 3.05) is 5.32 Å². The Hall–Kier alpha value is -2.88. The quantitative estimate of drug-likeness (QED) is 0.779. The standard InChI is InChI=1S/C19H18N4/c1-13-7-9-15(10-8-13)17-11-18(16-6-4-3-5-14(16)2)23-19(22-17)20-12-21-23/h3-12,18H,1-2H3,(H,20,21,22)/t18-/m1/s1. The van der Waals surface area contributed by atoms with Crippen molar-refractivity contribution < 1.29 is 0 Å². The topological polar surface area (TPSA) is 42.7 Å². The molecule has 1 N–H and O–H groups in total. The van der Waals surface area contributed by atoms with E-state index in [2.05, 4.69) is 83.9 Å². The van der Waals surface area contributed by atoms with Gasteiger partial charge in [-0.1, -0.05) is 54.1 Å². The van der Waals surface area contributed by atoms with Gasteiger partial charge in [0, 0.05) is 5.70 Å². The minimum atomic E-state index is 0.0475. The van der Waals surface area contributed by atoms with Gasteiger partial charge in [-0.2, -0.15) is 10.1 Å². The van der Waals surface area contributed by atoms with E-state index in [-0.39, 0.29) is 6.04 Å². The van der Waals surface area contributed by atoms with Crippen molar-refractivity contribution in [2.45, 2.75) is 19.9 Å². The minimum absolute atomic E-state index is 0.0475. The molecule has 114 valence electrons. The molecule has 2 heterocycles. The minimum Gasteiger partial charge on any atom is -0.324 e. The summed E-state index contributed by atoms with van der Waals surface area (Å²) in [6.07, 6.45) is 3.81. The van der Waals surface area contributed by atoms with Crippen LogP contribution in [0.25, 0.3) is 5.70 Å². The predicted octanol–water partition coefficient (Wildman–Crippen LogP) is 3.95. The van der Waals surface area contributed by atoms with Crippen LogP contribution in [0.4, 0.5) is 5.95 Å². The number of nitrogens with zero attached hydrogens (tertiary/aromatic N) is 3. The highest BCUT2D eigenvalue weighted by atomic mass is 15.4. The molecule has 0 unspecified atom stereocenters. The Morgan fingerprint density at radius 1 is 1.00 bits per heavy atom. The van der Waals surface area contributed by atoms with Gasteiger partial charge >= 0.3 is 0 Å². The molecule has 1 atom stereocenters. The number of aromatic nitrogens is 3. The summed E-state index contributed by atoms with van der Waals surface area (Å²) in [5, 5.41) is 7.78. The second kappa shape index (κ2) is 5.39. The fraction of sp³-hybridized carbons (Fsp3) is 0.158. The zero-order valence-corrected chi connectivity index (χ0v) is 13.2. The van der Waals surface area contributed by atoms with E-state index in [9.17, 15) is 0 Å². The molecule has 0 bridgehead atoms. The van der Waals surface area contributed by atoms with Crippen LogP contribution in [0.3, 0.4) is 0 Å². The Morgan fingerprint density at radius 3 is 2.57 bits per heavy atom. The van der Waals surface area contributed by atoms with Crippen LogP contribution in [0.5, 0.6) is 0 Å². The van der Waals surface area contributed by atoms with Gasteiger partial charge in [0.15, 0.2) is 0 Å². The third-order valence-corrected chi connectivity index (χ3v) is 4.28. The van der Waals surface area contributed by atoms with Gasteiger partial charge in [-0.25, -0.2) is 4.68 Å². The number of aryl methyl sites for hydroxylation is 2. The lowest BCUT2D eigenvalue weighted by Crippen LogP contribution is -2.20. The number of anilines is 1. The van der Waals surface area contributed by atoms with Crippen molar-refractivity contribution in [2.24, 2.45) is 0 Å². The van der Waals surface area contributed by atoms with Gasteiger partial charge in [0.05, 0.1) is 0 Å². The molecule has 0 amide bonds. The van der Waals surface area contributed by atoms with E-state index in [1.54, 1.807) is 6.33 Å². The lowest BCUT2D eigenvalue weighted by atomic mass is 9.98. The molecule has 2 aromatic carbocycles. The Morgan fingerprint density at radius 2 is 1.78 bits per heavy atom. The van der Waals surface area contributed by atoms with Gasteiger partial charge in [-0.3, -0.25) is 0 Å². The van der Waals surface area contributed by atoms with Crippen molar-refractivity contribution in [1.29, 1.82) is 0 Å². The normalized spacial score (nSPS) is 16.4. The summed E-state index contributed by atoms with van der Waals surface area (Å²) < 4.78 is 1.93. The Labute approximate surface area is 135 Å².